The van der Waals surface area contributed by atoms with Gasteiger partial charge in [0.1, 0.15) is 0 Å². The number of carbonyl (C=O) groups excluding carboxylic acids is 2. The van der Waals surface area contributed by atoms with Crippen molar-refractivity contribution in [1.82, 2.24) is 5.32 Å². The predicted molar refractivity (Wildman–Crippen MR) is 76.4 cm³/mol. The summed E-state index contributed by atoms with van der Waals surface area (Å²) in [7, 11) is 0. The Morgan fingerprint density at radius 3 is 2.20 bits per heavy atom. The molecule has 2 N–H and O–H groups in total. The monoisotopic (exact) mass is 273 g/mol. The normalized spacial score (nSPS) is 19.2. The lowest BCUT2D eigenvalue weighted by atomic mass is 9.85. The molecule has 0 aliphatic carbocycles. The fraction of sp³-hybridized carbons (Fsp3) is 0.375. The highest BCUT2D eigenvalue weighted by atomic mass is 16.3. The topological polar surface area (TPSA) is 66.4 Å². The molecule has 106 valence electrons. The van der Waals surface area contributed by atoms with Gasteiger partial charge in [0.25, 0.3) is 5.91 Å². The van der Waals surface area contributed by atoms with Crippen LogP contribution in [0.25, 0.3) is 0 Å². The van der Waals surface area contributed by atoms with Crippen molar-refractivity contribution >= 4 is 11.7 Å². The third kappa shape index (κ3) is 2.46. The number of benzene rings is 1. The molecule has 0 unspecified atom stereocenters. The van der Waals surface area contributed by atoms with E-state index >= 15 is 0 Å². The van der Waals surface area contributed by atoms with E-state index < -0.39 is 17.7 Å². The van der Waals surface area contributed by atoms with Gasteiger partial charge in [0, 0.05) is 0 Å². The van der Waals surface area contributed by atoms with Crippen LogP contribution < -0.4 is 5.32 Å². The summed E-state index contributed by atoms with van der Waals surface area (Å²) in [6, 6.07) is 7.16. The van der Waals surface area contributed by atoms with E-state index in [4.69, 9.17) is 0 Å². The maximum atomic E-state index is 11.6. The average Bonchev–Trinajstić information content (AvgIpc) is 2.65. The Labute approximate surface area is 118 Å². The van der Waals surface area contributed by atoms with Gasteiger partial charge in [-0.25, -0.2) is 0 Å². The fourth-order valence-electron chi connectivity index (χ4n) is 2.33. The third-order valence-corrected chi connectivity index (χ3v) is 3.52. The molecule has 0 bridgehead atoms. The second kappa shape index (κ2) is 4.78. The van der Waals surface area contributed by atoms with E-state index in [2.05, 4.69) is 26.1 Å². The smallest absolute Gasteiger partial charge is 0.287 e. The van der Waals surface area contributed by atoms with Crippen molar-refractivity contribution in [3.05, 3.63) is 46.7 Å². The molecule has 1 aliphatic heterocycles. The zero-order chi connectivity index (χ0) is 15.1. The van der Waals surface area contributed by atoms with Gasteiger partial charge in [0.05, 0.1) is 11.6 Å². The molecular weight excluding hydrogens is 254 g/mol. The summed E-state index contributed by atoms with van der Waals surface area (Å²) in [6.07, 6.45) is 0. The highest BCUT2D eigenvalue weighted by molar-refractivity contribution is 6.08. The Kier molecular flexibility index (Phi) is 3.42. The molecule has 4 nitrogen and oxygen atoms in total. The number of carbonyl (C=O) groups is 2. The molecule has 1 aromatic carbocycles. The quantitative estimate of drug-likeness (QED) is 0.870. The highest BCUT2D eigenvalue weighted by Gasteiger charge is 2.35. The van der Waals surface area contributed by atoms with E-state index in [0.717, 1.165) is 5.56 Å². The Balaban J connectivity index is 2.38. The predicted octanol–water partition coefficient (Wildman–Crippen LogP) is 2.56. The first kappa shape index (κ1) is 14.3. The summed E-state index contributed by atoms with van der Waals surface area (Å²) in [5, 5.41) is 12.3. The van der Waals surface area contributed by atoms with Crippen LogP contribution in [0.1, 0.15) is 44.9 Å². The van der Waals surface area contributed by atoms with Gasteiger partial charge in [-0.1, -0.05) is 45.0 Å². The largest absolute Gasteiger partial charge is 0.503 e. The van der Waals surface area contributed by atoms with Crippen LogP contribution >= 0.6 is 0 Å². The van der Waals surface area contributed by atoms with Crippen molar-refractivity contribution in [3.8, 4) is 0 Å². The van der Waals surface area contributed by atoms with Crippen LogP contribution in [-0.2, 0) is 15.0 Å². The van der Waals surface area contributed by atoms with Crippen LogP contribution in [0.15, 0.2) is 35.6 Å². The second-order valence-electron chi connectivity index (χ2n) is 6.10. The van der Waals surface area contributed by atoms with Crippen molar-refractivity contribution in [2.24, 2.45) is 0 Å². The van der Waals surface area contributed by atoms with E-state index in [-0.39, 0.29) is 16.8 Å². The molecule has 1 aliphatic rings. The molecule has 0 radical (unpaired) electrons. The first-order valence-corrected chi connectivity index (χ1v) is 6.57. The molecule has 2 rings (SSSR count). The molecular formula is C16H19NO3. The number of hydrogen-bond acceptors (Lipinski definition) is 3. The first-order chi connectivity index (χ1) is 9.21. The van der Waals surface area contributed by atoms with Crippen LogP contribution in [-0.4, -0.2) is 16.8 Å². The fourth-order valence-corrected chi connectivity index (χ4v) is 2.33. The van der Waals surface area contributed by atoms with Gasteiger partial charge in [-0.05, 0) is 23.5 Å². The van der Waals surface area contributed by atoms with E-state index in [1.54, 1.807) is 0 Å². The third-order valence-electron chi connectivity index (χ3n) is 3.52. The van der Waals surface area contributed by atoms with E-state index in [1.165, 1.54) is 12.5 Å². The standard InChI is InChI=1S/C16H19NO3/c1-9(18)12-13(17-15(20)14(12)19)10-5-7-11(8-6-10)16(2,3)4/h5-8,13,19H,1-4H3,(H,17,20)/t13-/m1/s1. The molecule has 1 amide bonds. The van der Waals surface area contributed by atoms with Crippen molar-refractivity contribution in [3.63, 3.8) is 0 Å². The number of aliphatic hydroxyl groups excluding tert-OH is 1. The Hall–Kier alpha value is -2.10. The summed E-state index contributed by atoms with van der Waals surface area (Å²) in [5.41, 5.74) is 2.14. The van der Waals surface area contributed by atoms with Crippen LogP contribution in [0.3, 0.4) is 0 Å². The van der Waals surface area contributed by atoms with E-state index in [9.17, 15) is 14.7 Å². The molecule has 0 aromatic heterocycles. The van der Waals surface area contributed by atoms with Gasteiger partial charge in [-0.3, -0.25) is 9.59 Å². The lowest BCUT2D eigenvalue weighted by molar-refractivity contribution is -0.119. The number of hydrogen-bond donors (Lipinski definition) is 2. The summed E-state index contributed by atoms with van der Waals surface area (Å²) < 4.78 is 0. The molecule has 0 fully saturated rings. The number of nitrogens with one attached hydrogen (secondary N) is 1. The number of ketones is 1. The molecule has 1 aromatic rings. The second-order valence-corrected chi connectivity index (χ2v) is 6.10. The molecule has 0 saturated carbocycles. The lowest BCUT2D eigenvalue weighted by Gasteiger charge is -2.20. The molecule has 20 heavy (non-hydrogen) atoms. The highest BCUT2D eigenvalue weighted by Crippen LogP contribution is 2.31. The minimum atomic E-state index is -0.597. The molecule has 0 saturated heterocycles. The summed E-state index contributed by atoms with van der Waals surface area (Å²) in [5.74, 6) is -1.37. The minimum Gasteiger partial charge on any atom is -0.503 e. The minimum absolute atomic E-state index is 0.0405. The van der Waals surface area contributed by atoms with Gasteiger partial charge < -0.3 is 10.4 Å². The first-order valence-electron chi connectivity index (χ1n) is 6.57. The van der Waals surface area contributed by atoms with E-state index in [0.29, 0.717) is 0 Å². The Bertz CT molecular complexity index is 591. The van der Waals surface area contributed by atoms with Crippen LogP contribution in [0.4, 0.5) is 0 Å². The van der Waals surface area contributed by atoms with Gasteiger partial charge in [0.2, 0.25) is 0 Å². The van der Waals surface area contributed by atoms with Crippen molar-refractivity contribution in [2.75, 3.05) is 0 Å². The van der Waals surface area contributed by atoms with Crippen LogP contribution in [0.2, 0.25) is 0 Å². The number of aliphatic hydroxyl groups is 1. The zero-order valence-electron chi connectivity index (χ0n) is 12.2. The number of rotatable bonds is 2. The van der Waals surface area contributed by atoms with Gasteiger partial charge >= 0.3 is 0 Å². The summed E-state index contributed by atoms with van der Waals surface area (Å²) in [6.45, 7) is 7.70. The van der Waals surface area contributed by atoms with Crippen molar-refractivity contribution < 1.29 is 14.7 Å². The maximum Gasteiger partial charge on any atom is 0.287 e. The van der Waals surface area contributed by atoms with Crippen LogP contribution in [0, 0.1) is 0 Å². The number of amides is 1. The average molecular weight is 273 g/mol. The molecule has 1 heterocycles. The summed E-state index contributed by atoms with van der Waals surface area (Å²) >= 11 is 0. The molecule has 0 spiro atoms. The van der Waals surface area contributed by atoms with Gasteiger partial charge in [-0.2, -0.15) is 0 Å². The number of Topliss-reactive ketones (excluding diaryl/α,β-unsaturated/α-hetero) is 1. The van der Waals surface area contributed by atoms with Gasteiger partial charge in [-0.15, -0.1) is 0 Å². The Morgan fingerprint density at radius 1 is 1.20 bits per heavy atom. The molecule has 4 heteroatoms. The zero-order valence-corrected chi connectivity index (χ0v) is 12.2. The lowest BCUT2D eigenvalue weighted by Crippen LogP contribution is -2.23. The summed E-state index contributed by atoms with van der Waals surface area (Å²) in [4.78, 5) is 23.1. The Morgan fingerprint density at radius 2 is 1.75 bits per heavy atom. The van der Waals surface area contributed by atoms with Crippen LogP contribution in [0.5, 0.6) is 0 Å². The SMILES string of the molecule is CC(=O)C1=C(O)C(=O)N[C@@H]1c1ccc(C(C)(C)C)cc1. The van der Waals surface area contributed by atoms with Crippen molar-refractivity contribution in [2.45, 2.75) is 39.2 Å². The maximum absolute atomic E-state index is 11.6. The van der Waals surface area contributed by atoms with Gasteiger partial charge in [0.15, 0.2) is 11.5 Å². The van der Waals surface area contributed by atoms with Crippen molar-refractivity contribution in [1.29, 1.82) is 0 Å². The van der Waals surface area contributed by atoms with E-state index in [1.807, 2.05) is 24.3 Å². The molecule has 1 atom stereocenters.